The van der Waals surface area contributed by atoms with Crippen LogP contribution in [0.2, 0.25) is 0 Å². The van der Waals surface area contributed by atoms with Gasteiger partial charge in [-0.2, -0.15) is 4.98 Å². The molecule has 0 unspecified atom stereocenters. The molecular weight excluding hydrogens is 284 g/mol. The average molecular weight is 296 g/mol. The topological polar surface area (TPSA) is 107 Å². The Morgan fingerprint density at radius 3 is 2.70 bits per heavy atom. The van der Waals surface area contributed by atoms with E-state index in [1.54, 1.807) is 6.92 Å². The first-order valence-corrected chi connectivity index (χ1v) is 6.46. The van der Waals surface area contributed by atoms with Crippen molar-refractivity contribution in [2.24, 2.45) is 0 Å². The number of hydrogen-bond acceptors (Lipinski definition) is 9. The van der Waals surface area contributed by atoms with Crippen LogP contribution in [0.4, 0.5) is 5.13 Å². The summed E-state index contributed by atoms with van der Waals surface area (Å²) in [7, 11) is 1.24. The normalized spacial score (nSPS) is 10.3. The zero-order valence-electron chi connectivity index (χ0n) is 11.1. The number of aromatic nitrogens is 3. The van der Waals surface area contributed by atoms with Crippen molar-refractivity contribution in [1.29, 1.82) is 0 Å². The number of ketones is 1. The van der Waals surface area contributed by atoms with Crippen molar-refractivity contribution >= 4 is 28.2 Å². The smallest absolute Gasteiger partial charge is 0.358 e. The number of methoxy groups -OCH3 is 1. The Balaban J connectivity index is 2.16. The van der Waals surface area contributed by atoms with Gasteiger partial charge in [0.2, 0.25) is 5.89 Å². The Kier molecular flexibility index (Phi) is 4.08. The van der Waals surface area contributed by atoms with Crippen molar-refractivity contribution in [3.05, 3.63) is 22.3 Å². The molecule has 0 saturated heterocycles. The number of thiazole rings is 1. The molecule has 0 amide bonds. The zero-order valence-corrected chi connectivity index (χ0v) is 11.9. The van der Waals surface area contributed by atoms with Crippen LogP contribution < -0.4 is 5.32 Å². The molecule has 8 nitrogen and oxygen atoms in total. The summed E-state index contributed by atoms with van der Waals surface area (Å²) in [5.74, 6) is 0.0278. The van der Waals surface area contributed by atoms with Crippen LogP contribution in [-0.4, -0.2) is 34.0 Å². The summed E-state index contributed by atoms with van der Waals surface area (Å²) >= 11 is 1.07. The van der Waals surface area contributed by atoms with Crippen molar-refractivity contribution in [3.63, 3.8) is 0 Å². The number of ether oxygens (including phenoxy) is 1. The molecule has 2 rings (SSSR count). The molecule has 0 aliphatic heterocycles. The van der Waals surface area contributed by atoms with Crippen LogP contribution in [0, 0.1) is 6.92 Å². The second-order valence-electron chi connectivity index (χ2n) is 3.83. The van der Waals surface area contributed by atoms with Gasteiger partial charge in [0.15, 0.2) is 22.4 Å². The average Bonchev–Trinajstić information content (AvgIpc) is 3.01. The number of rotatable bonds is 5. The van der Waals surface area contributed by atoms with Crippen LogP contribution in [0.25, 0.3) is 0 Å². The molecule has 0 spiro atoms. The van der Waals surface area contributed by atoms with Crippen LogP contribution in [0.3, 0.4) is 0 Å². The Morgan fingerprint density at radius 2 is 2.15 bits per heavy atom. The van der Waals surface area contributed by atoms with Gasteiger partial charge in [-0.1, -0.05) is 16.5 Å². The Hall–Kier alpha value is -2.29. The van der Waals surface area contributed by atoms with Crippen LogP contribution in [0.5, 0.6) is 0 Å². The minimum atomic E-state index is -0.645. The minimum absolute atomic E-state index is 0.00853. The number of nitrogens with zero attached hydrogens (tertiary/aromatic N) is 3. The number of anilines is 1. The van der Waals surface area contributed by atoms with Crippen molar-refractivity contribution in [2.45, 2.75) is 20.4 Å². The van der Waals surface area contributed by atoms with Gasteiger partial charge >= 0.3 is 5.97 Å². The predicted octanol–water partition coefficient (Wildman–Crippen LogP) is 1.44. The molecule has 2 aromatic rings. The third kappa shape index (κ3) is 2.99. The van der Waals surface area contributed by atoms with Crippen molar-refractivity contribution < 1.29 is 18.8 Å². The zero-order chi connectivity index (χ0) is 14.7. The number of esters is 1. The Bertz CT molecular complexity index is 649. The van der Waals surface area contributed by atoms with E-state index in [-0.39, 0.29) is 22.9 Å². The van der Waals surface area contributed by atoms with Gasteiger partial charge in [-0.15, -0.1) is 0 Å². The first-order valence-electron chi connectivity index (χ1n) is 5.64. The molecular formula is C11H12N4O4S. The number of carbonyl (C=O) groups is 2. The highest BCUT2D eigenvalue weighted by Gasteiger charge is 2.21. The fourth-order valence-corrected chi connectivity index (χ4v) is 2.28. The lowest BCUT2D eigenvalue weighted by molar-refractivity contribution is 0.0591. The summed E-state index contributed by atoms with van der Waals surface area (Å²) in [6, 6.07) is 0. The molecule has 0 aromatic carbocycles. The molecule has 0 aliphatic carbocycles. The molecule has 0 aliphatic rings. The third-order valence-electron chi connectivity index (χ3n) is 2.29. The Morgan fingerprint density at radius 1 is 1.40 bits per heavy atom. The van der Waals surface area contributed by atoms with Gasteiger partial charge in [0, 0.05) is 6.92 Å². The molecule has 106 valence electrons. The number of hydrogen-bond donors (Lipinski definition) is 1. The quantitative estimate of drug-likeness (QED) is 0.652. The molecule has 1 N–H and O–H groups in total. The number of Topliss-reactive ketones (excluding diaryl/α,β-unsaturated/α-hetero) is 1. The molecule has 2 aromatic heterocycles. The van der Waals surface area contributed by atoms with Crippen molar-refractivity contribution in [1.82, 2.24) is 15.1 Å². The van der Waals surface area contributed by atoms with Crippen LogP contribution in [-0.2, 0) is 11.3 Å². The van der Waals surface area contributed by atoms with E-state index in [1.165, 1.54) is 14.0 Å². The predicted molar refractivity (Wildman–Crippen MR) is 69.8 cm³/mol. The van der Waals surface area contributed by atoms with Gasteiger partial charge in [0.1, 0.15) is 4.88 Å². The van der Waals surface area contributed by atoms with Crippen LogP contribution in [0.1, 0.15) is 38.8 Å². The molecule has 0 atom stereocenters. The maximum absolute atomic E-state index is 11.5. The van der Waals surface area contributed by atoms with Gasteiger partial charge < -0.3 is 14.6 Å². The summed E-state index contributed by atoms with van der Waals surface area (Å²) in [4.78, 5) is 31.3. The number of aryl methyl sites for hydroxylation is 1. The SMILES string of the molecule is COC(=O)c1nc(NCc2nc(C)no2)sc1C(C)=O. The van der Waals surface area contributed by atoms with Crippen LogP contribution in [0.15, 0.2) is 4.52 Å². The summed E-state index contributed by atoms with van der Waals surface area (Å²) in [6.07, 6.45) is 0. The monoisotopic (exact) mass is 296 g/mol. The van der Waals surface area contributed by atoms with Gasteiger partial charge in [-0.05, 0) is 6.92 Å². The maximum Gasteiger partial charge on any atom is 0.358 e. The lowest BCUT2D eigenvalue weighted by Gasteiger charge is -1.96. The van der Waals surface area contributed by atoms with Crippen molar-refractivity contribution in [3.8, 4) is 0 Å². The maximum atomic E-state index is 11.5. The summed E-state index contributed by atoms with van der Waals surface area (Å²) < 4.78 is 9.52. The molecule has 9 heteroatoms. The standard InChI is InChI=1S/C11H12N4O4S/c1-5(16)9-8(10(17)18-3)14-11(20-9)12-4-7-13-6(2)15-19-7/h4H2,1-3H3,(H,12,14). The minimum Gasteiger partial charge on any atom is -0.464 e. The Labute approximate surface area is 118 Å². The van der Waals surface area contributed by atoms with E-state index in [2.05, 4.69) is 25.2 Å². The molecule has 0 bridgehead atoms. The molecule has 0 saturated carbocycles. The van der Waals surface area contributed by atoms with E-state index >= 15 is 0 Å². The number of carbonyl (C=O) groups excluding carboxylic acids is 2. The van der Waals surface area contributed by atoms with E-state index in [4.69, 9.17) is 4.52 Å². The molecule has 2 heterocycles. The van der Waals surface area contributed by atoms with Gasteiger partial charge in [0.25, 0.3) is 0 Å². The van der Waals surface area contributed by atoms with E-state index in [1.807, 2.05) is 0 Å². The summed E-state index contributed by atoms with van der Waals surface area (Å²) in [5, 5.41) is 6.98. The highest BCUT2D eigenvalue weighted by molar-refractivity contribution is 7.17. The number of nitrogens with one attached hydrogen (secondary N) is 1. The highest BCUT2D eigenvalue weighted by Crippen LogP contribution is 2.24. The second kappa shape index (κ2) is 5.78. The van der Waals surface area contributed by atoms with E-state index in [9.17, 15) is 9.59 Å². The highest BCUT2D eigenvalue weighted by atomic mass is 32.1. The lowest BCUT2D eigenvalue weighted by Crippen LogP contribution is -2.07. The first kappa shape index (κ1) is 14.1. The second-order valence-corrected chi connectivity index (χ2v) is 4.83. The summed E-state index contributed by atoms with van der Waals surface area (Å²) in [6.45, 7) is 3.33. The molecule has 20 heavy (non-hydrogen) atoms. The lowest BCUT2D eigenvalue weighted by atomic mass is 10.3. The fraction of sp³-hybridized carbons (Fsp3) is 0.364. The van der Waals surface area contributed by atoms with Gasteiger partial charge in [0.05, 0.1) is 13.7 Å². The largest absolute Gasteiger partial charge is 0.464 e. The third-order valence-corrected chi connectivity index (χ3v) is 3.40. The van der Waals surface area contributed by atoms with Gasteiger partial charge in [-0.25, -0.2) is 9.78 Å². The molecule has 0 fully saturated rings. The van der Waals surface area contributed by atoms with E-state index < -0.39 is 5.97 Å². The van der Waals surface area contributed by atoms with Crippen LogP contribution >= 0.6 is 11.3 Å². The fourth-order valence-electron chi connectivity index (χ4n) is 1.43. The van der Waals surface area contributed by atoms with Gasteiger partial charge in [-0.3, -0.25) is 4.79 Å². The molecule has 0 radical (unpaired) electrons. The van der Waals surface area contributed by atoms with E-state index in [0.717, 1.165) is 11.3 Å². The van der Waals surface area contributed by atoms with Crippen molar-refractivity contribution in [2.75, 3.05) is 12.4 Å². The summed E-state index contributed by atoms with van der Waals surface area (Å²) in [5.41, 5.74) is 0.00853. The first-order chi connectivity index (χ1) is 9.51. The van der Waals surface area contributed by atoms with E-state index in [0.29, 0.717) is 16.8 Å².